The lowest BCUT2D eigenvalue weighted by Crippen LogP contribution is -2.31. The number of esters is 1. The Morgan fingerprint density at radius 1 is 1.60 bits per heavy atom. The van der Waals surface area contributed by atoms with E-state index < -0.39 is 0 Å². The van der Waals surface area contributed by atoms with Gasteiger partial charge in [-0.3, -0.25) is 9.69 Å². The van der Waals surface area contributed by atoms with Crippen LogP contribution in [0.4, 0.5) is 0 Å². The fraction of sp³-hybridized carbons (Fsp3) is 0.727. The first-order valence-electron chi connectivity index (χ1n) is 5.26. The number of hydrogen-bond acceptors (Lipinski definition) is 3. The summed E-state index contributed by atoms with van der Waals surface area (Å²) in [5.41, 5.74) is 1.44. The highest BCUT2D eigenvalue weighted by Gasteiger charge is 2.14. The molecule has 0 bridgehead atoms. The van der Waals surface area contributed by atoms with Gasteiger partial charge in [0.25, 0.3) is 0 Å². The van der Waals surface area contributed by atoms with Gasteiger partial charge in [0, 0.05) is 24.0 Å². The summed E-state index contributed by atoms with van der Waals surface area (Å²) in [4.78, 5) is 13.3. The maximum absolute atomic E-state index is 10.9. The van der Waals surface area contributed by atoms with Crippen molar-refractivity contribution in [1.29, 1.82) is 0 Å². The summed E-state index contributed by atoms with van der Waals surface area (Å²) in [6.45, 7) is 5.21. The van der Waals surface area contributed by atoms with E-state index in [-0.39, 0.29) is 5.97 Å². The number of ether oxygens (including phenoxy) is 1. The van der Waals surface area contributed by atoms with Gasteiger partial charge in [-0.05, 0) is 26.3 Å². The Bertz CT molecular complexity index is 263. The standard InChI is InChI=1S/C11H18BrNO2/c1-9-5-7-13(8-10(9)12)6-3-4-11(14)15-2/h3-8H2,1-2H3. The third kappa shape index (κ3) is 4.34. The van der Waals surface area contributed by atoms with Crippen LogP contribution in [0.25, 0.3) is 0 Å². The van der Waals surface area contributed by atoms with E-state index in [1.165, 1.54) is 17.2 Å². The van der Waals surface area contributed by atoms with Crippen LogP contribution in [0.3, 0.4) is 0 Å². The Kier molecular flexibility index (Phi) is 5.32. The lowest BCUT2D eigenvalue weighted by atomic mass is 10.1. The molecule has 0 atom stereocenters. The van der Waals surface area contributed by atoms with Crippen LogP contribution in [0.5, 0.6) is 0 Å². The fourth-order valence-corrected chi connectivity index (χ4v) is 2.16. The number of carbonyl (C=O) groups is 1. The van der Waals surface area contributed by atoms with Crippen LogP contribution in [0, 0.1) is 0 Å². The predicted octanol–water partition coefficient (Wildman–Crippen LogP) is 2.31. The summed E-state index contributed by atoms with van der Waals surface area (Å²) in [6.07, 6.45) is 2.53. The zero-order chi connectivity index (χ0) is 11.3. The Labute approximate surface area is 99.6 Å². The summed E-state index contributed by atoms with van der Waals surface area (Å²) in [5.74, 6) is -0.113. The number of rotatable bonds is 4. The molecule has 0 saturated heterocycles. The molecule has 86 valence electrons. The summed E-state index contributed by atoms with van der Waals surface area (Å²) in [5, 5.41) is 0. The van der Waals surface area contributed by atoms with E-state index in [1.54, 1.807) is 0 Å². The van der Waals surface area contributed by atoms with Crippen molar-refractivity contribution in [2.45, 2.75) is 26.2 Å². The van der Waals surface area contributed by atoms with E-state index in [9.17, 15) is 4.79 Å². The first kappa shape index (κ1) is 12.7. The van der Waals surface area contributed by atoms with Gasteiger partial charge < -0.3 is 4.74 Å². The second-order valence-corrected chi connectivity index (χ2v) is 4.85. The molecule has 1 aliphatic heterocycles. The third-order valence-corrected chi connectivity index (χ3v) is 3.64. The minimum Gasteiger partial charge on any atom is -0.469 e. The van der Waals surface area contributed by atoms with Crippen LogP contribution in [0.1, 0.15) is 26.2 Å². The molecule has 15 heavy (non-hydrogen) atoms. The molecule has 1 aliphatic rings. The smallest absolute Gasteiger partial charge is 0.305 e. The highest BCUT2D eigenvalue weighted by Crippen LogP contribution is 2.21. The first-order chi connectivity index (χ1) is 7.13. The zero-order valence-corrected chi connectivity index (χ0v) is 11.0. The van der Waals surface area contributed by atoms with E-state index in [4.69, 9.17) is 0 Å². The van der Waals surface area contributed by atoms with Gasteiger partial charge in [-0.1, -0.05) is 21.5 Å². The minimum atomic E-state index is -0.113. The van der Waals surface area contributed by atoms with Crippen molar-refractivity contribution >= 4 is 21.9 Å². The van der Waals surface area contributed by atoms with Gasteiger partial charge in [0.05, 0.1) is 7.11 Å². The molecule has 1 heterocycles. The molecule has 0 N–H and O–H groups in total. The van der Waals surface area contributed by atoms with Crippen LogP contribution in [-0.2, 0) is 9.53 Å². The zero-order valence-electron chi connectivity index (χ0n) is 9.38. The second kappa shape index (κ2) is 6.28. The molecule has 0 aromatic rings. The summed E-state index contributed by atoms with van der Waals surface area (Å²) in [6, 6.07) is 0. The molecule has 0 aromatic carbocycles. The van der Waals surface area contributed by atoms with Gasteiger partial charge in [0.2, 0.25) is 0 Å². The van der Waals surface area contributed by atoms with Crippen LogP contribution in [0.2, 0.25) is 0 Å². The largest absolute Gasteiger partial charge is 0.469 e. The topological polar surface area (TPSA) is 29.5 Å². The van der Waals surface area contributed by atoms with Gasteiger partial charge in [-0.25, -0.2) is 0 Å². The summed E-state index contributed by atoms with van der Waals surface area (Å²) < 4.78 is 5.90. The quantitative estimate of drug-likeness (QED) is 0.738. The molecule has 0 radical (unpaired) electrons. The summed E-state index contributed by atoms with van der Waals surface area (Å²) in [7, 11) is 1.44. The lowest BCUT2D eigenvalue weighted by molar-refractivity contribution is -0.140. The first-order valence-corrected chi connectivity index (χ1v) is 6.06. The monoisotopic (exact) mass is 275 g/mol. The molecule has 0 saturated carbocycles. The SMILES string of the molecule is COC(=O)CCCN1CCC(C)=C(Br)C1. The van der Waals surface area contributed by atoms with E-state index in [1.807, 2.05) is 0 Å². The van der Waals surface area contributed by atoms with Crippen molar-refractivity contribution in [2.75, 3.05) is 26.7 Å². The number of nitrogens with zero attached hydrogens (tertiary/aromatic N) is 1. The average molecular weight is 276 g/mol. The molecule has 0 aliphatic carbocycles. The molecular weight excluding hydrogens is 258 g/mol. The van der Waals surface area contributed by atoms with Crippen molar-refractivity contribution in [3.63, 3.8) is 0 Å². The van der Waals surface area contributed by atoms with Crippen LogP contribution < -0.4 is 0 Å². The molecule has 0 unspecified atom stereocenters. The molecule has 0 amide bonds. The van der Waals surface area contributed by atoms with Gasteiger partial charge >= 0.3 is 5.97 Å². The molecule has 0 fully saturated rings. The van der Waals surface area contributed by atoms with Crippen molar-refractivity contribution in [1.82, 2.24) is 4.90 Å². The highest BCUT2D eigenvalue weighted by atomic mass is 79.9. The van der Waals surface area contributed by atoms with E-state index in [0.29, 0.717) is 6.42 Å². The Hall–Kier alpha value is -0.350. The maximum atomic E-state index is 10.9. The molecule has 0 aromatic heterocycles. The van der Waals surface area contributed by atoms with Gasteiger partial charge in [-0.15, -0.1) is 0 Å². The Morgan fingerprint density at radius 2 is 2.33 bits per heavy atom. The minimum absolute atomic E-state index is 0.113. The van der Waals surface area contributed by atoms with Gasteiger partial charge in [0.1, 0.15) is 0 Å². The van der Waals surface area contributed by atoms with Crippen molar-refractivity contribution in [3.8, 4) is 0 Å². The maximum Gasteiger partial charge on any atom is 0.305 e. The van der Waals surface area contributed by atoms with Crippen LogP contribution in [-0.4, -0.2) is 37.6 Å². The van der Waals surface area contributed by atoms with Crippen molar-refractivity contribution in [2.24, 2.45) is 0 Å². The average Bonchev–Trinajstić information content (AvgIpc) is 2.23. The molecular formula is C11H18BrNO2. The van der Waals surface area contributed by atoms with Crippen molar-refractivity contribution < 1.29 is 9.53 Å². The molecule has 1 rings (SSSR count). The number of hydrogen-bond donors (Lipinski definition) is 0. The fourth-order valence-electron chi connectivity index (χ4n) is 1.61. The predicted molar refractivity (Wildman–Crippen MR) is 63.9 cm³/mol. The van der Waals surface area contributed by atoms with Crippen LogP contribution in [0.15, 0.2) is 10.1 Å². The Balaban J connectivity index is 2.22. The van der Waals surface area contributed by atoms with Crippen molar-refractivity contribution in [3.05, 3.63) is 10.1 Å². The van der Waals surface area contributed by atoms with E-state index in [0.717, 1.165) is 32.5 Å². The normalized spacial score (nSPS) is 18.1. The lowest BCUT2D eigenvalue weighted by Gasteiger charge is -2.27. The van der Waals surface area contributed by atoms with Crippen LogP contribution >= 0.6 is 15.9 Å². The molecule has 4 heteroatoms. The molecule has 3 nitrogen and oxygen atoms in total. The third-order valence-electron chi connectivity index (χ3n) is 2.71. The number of halogens is 1. The number of methoxy groups -OCH3 is 1. The summed E-state index contributed by atoms with van der Waals surface area (Å²) >= 11 is 3.57. The van der Waals surface area contributed by atoms with E-state index >= 15 is 0 Å². The highest BCUT2D eigenvalue weighted by molar-refractivity contribution is 9.11. The second-order valence-electron chi connectivity index (χ2n) is 3.89. The number of carbonyl (C=O) groups excluding carboxylic acids is 1. The molecule has 0 spiro atoms. The van der Waals surface area contributed by atoms with Gasteiger partial charge in [0.15, 0.2) is 0 Å². The van der Waals surface area contributed by atoms with Gasteiger partial charge in [-0.2, -0.15) is 0 Å². The Morgan fingerprint density at radius 3 is 2.93 bits per heavy atom. The van der Waals surface area contributed by atoms with E-state index in [2.05, 4.69) is 32.5 Å².